The van der Waals surface area contributed by atoms with Crippen LogP contribution >= 0.6 is 0 Å². The van der Waals surface area contributed by atoms with Crippen LogP contribution in [0, 0.1) is 0 Å². The van der Waals surface area contributed by atoms with Crippen molar-refractivity contribution < 1.29 is 19.2 Å². The largest absolute Gasteiger partial charge is 0.497 e. The second-order valence-electron chi connectivity index (χ2n) is 6.05. The molecule has 0 spiro atoms. The molecule has 0 bridgehead atoms. The number of hydrogen-bond acceptors (Lipinski definition) is 3. The van der Waals surface area contributed by atoms with Gasteiger partial charge in [-0.3, -0.25) is 20.4 Å². The molecule has 6 heteroatoms. The van der Waals surface area contributed by atoms with Crippen molar-refractivity contribution in [3.05, 3.63) is 48.0 Å². The molecule has 0 heterocycles. The van der Waals surface area contributed by atoms with Gasteiger partial charge in [-0.05, 0) is 40.6 Å². The minimum atomic E-state index is -0.375. The van der Waals surface area contributed by atoms with Crippen LogP contribution in [0.1, 0.15) is 12.0 Å². The molecule has 0 fully saturated rings. The van der Waals surface area contributed by atoms with Crippen molar-refractivity contribution in [1.82, 2.24) is 10.9 Å². The van der Waals surface area contributed by atoms with Gasteiger partial charge in [0.2, 0.25) is 5.91 Å². The molecule has 0 atom stereocenters. The summed E-state index contributed by atoms with van der Waals surface area (Å²) >= 11 is 0. The van der Waals surface area contributed by atoms with Crippen LogP contribution in [0.15, 0.2) is 42.5 Å². The molecule has 2 rings (SSSR count). The van der Waals surface area contributed by atoms with Crippen molar-refractivity contribution in [3.63, 3.8) is 0 Å². The van der Waals surface area contributed by atoms with E-state index < -0.39 is 0 Å². The quantitative estimate of drug-likeness (QED) is 0.530. The predicted octanol–water partition coefficient (Wildman–Crippen LogP) is 0.544. The molecule has 0 saturated heterocycles. The lowest BCUT2D eigenvalue weighted by atomic mass is 10.1. The number of nitrogens with one attached hydrogen (secondary N) is 3. The van der Waals surface area contributed by atoms with Crippen LogP contribution in [0.25, 0.3) is 16.8 Å². The third-order valence-electron chi connectivity index (χ3n) is 3.68. The lowest BCUT2D eigenvalue weighted by Gasteiger charge is -2.07. The molecule has 3 N–H and O–H groups in total. The van der Waals surface area contributed by atoms with Crippen LogP contribution in [0.2, 0.25) is 0 Å². The zero-order valence-corrected chi connectivity index (χ0v) is 14.8. The van der Waals surface area contributed by atoms with Crippen LogP contribution in [-0.4, -0.2) is 39.6 Å². The summed E-state index contributed by atoms with van der Waals surface area (Å²) in [4.78, 5) is 24.5. The van der Waals surface area contributed by atoms with Gasteiger partial charge in [-0.15, -0.1) is 0 Å². The monoisotopic (exact) mass is 342 g/mol. The third-order valence-corrected chi connectivity index (χ3v) is 3.68. The van der Waals surface area contributed by atoms with Crippen LogP contribution in [0.3, 0.4) is 0 Å². The summed E-state index contributed by atoms with van der Waals surface area (Å²) < 4.78 is 5.21. The van der Waals surface area contributed by atoms with Crippen molar-refractivity contribution in [1.29, 1.82) is 0 Å². The number of carbonyl (C=O) groups is 2. The topological polar surface area (TPSA) is 71.9 Å². The van der Waals surface area contributed by atoms with Gasteiger partial charge in [0.25, 0.3) is 5.91 Å². The molecule has 2 aromatic rings. The Labute approximate surface area is 147 Å². The summed E-state index contributed by atoms with van der Waals surface area (Å²) in [6.45, 7) is 0.708. The first-order valence-corrected chi connectivity index (χ1v) is 8.11. The number of fused-ring (bicyclic) bond motifs is 1. The van der Waals surface area contributed by atoms with E-state index in [0.29, 0.717) is 13.0 Å². The van der Waals surface area contributed by atoms with Gasteiger partial charge in [0, 0.05) is 6.08 Å². The molecule has 0 unspecified atom stereocenters. The number of amides is 2. The van der Waals surface area contributed by atoms with Gasteiger partial charge in [-0.1, -0.05) is 18.2 Å². The van der Waals surface area contributed by atoms with Gasteiger partial charge in [0.1, 0.15) is 5.75 Å². The van der Waals surface area contributed by atoms with Gasteiger partial charge >= 0.3 is 0 Å². The standard InChI is InChI=1S/C19H23N3O3/c1-22(2)11-10-19(24)21-20-18(23)9-5-14-4-6-16-13-17(25-3)8-7-15(16)12-14/h4-9,12-13H,10-11H2,1-3H3,(H,20,23)(H,21,24)/p+1/b9-5+. The van der Waals surface area contributed by atoms with E-state index >= 15 is 0 Å². The van der Waals surface area contributed by atoms with Gasteiger partial charge < -0.3 is 9.64 Å². The number of rotatable bonds is 6. The molecule has 0 radical (unpaired) electrons. The molecule has 0 aromatic heterocycles. The Hall–Kier alpha value is -2.86. The Morgan fingerprint density at radius 1 is 1.08 bits per heavy atom. The fourth-order valence-corrected chi connectivity index (χ4v) is 2.24. The highest BCUT2D eigenvalue weighted by atomic mass is 16.5. The first kappa shape index (κ1) is 18.5. The molecular weight excluding hydrogens is 318 g/mol. The molecule has 2 amide bonds. The highest BCUT2D eigenvalue weighted by Crippen LogP contribution is 2.22. The normalized spacial score (nSPS) is 11.0. The van der Waals surface area contributed by atoms with Gasteiger partial charge in [-0.2, -0.15) is 0 Å². The summed E-state index contributed by atoms with van der Waals surface area (Å²) in [5, 5.41) is 2.12. The van der Waals surface area contributed by atoms with E-state index in [1.165, 1.54) is 11.0 Å². The lowest BCUT2D eigenvalue weighted by Crippen LogP contribution is -3.05. The van der Waals surface area contributed by atoms with Crippen LogP contribution in [-0.2, 0) is 9.59 Å². The fourth-order valence-electron chi connectivity index (χ4n) is 2.24. The van der Waals surface area contributed by atoms with Crippen molar-refractivity contribution in [2.24, 2.45) is 0 Å². The maximum Gasteiger partial charge on any atom is 0.262 e. The first-order valence-electron chi connectivity index (χ1n) is 8.11. The average Bonchev–Trinajstić information content (AvgIpc) is 2.62. The zero-order chi connectivity index (χ0) is 18.2. The number of benzene rings is 2. The van der Waals surface area contributed by atoms with E-state index in [2.05, 4.69) is 10.9 Å². The maximum absolute atomic E-state index is 11.8. The summed E-state index contributed by atoms with van der Waals surface area (Å²) in [5.41, 5.74) is 5.68. The molecule has 6 nitrogen and oxygen atoms in total. The van der Waals surface area contributed by atoms with E-state index in [1.807, 2.05) is 50.5 Å². The van der Waals surface area contributed by atoms with E-state index in [-0.39, 0.29) is 11.8 Å². The average molecular weight is 342 g/mol. The molecule has 0 aliphatic rings. The summed E-state index contributed by atoms with van der Waals surface area (Å²) in [6.07, 6.45) is 3.46. The van der Waals surface area contributed by atoms with E-state index in [9.17, 15) is 9.59 Å². The number of ether oxygens (including phenoxy) is 1. The summed E-state index contributed by atoms with van der Waals surface area (Å²) in [7, 11) is 5.57. The molecule has 0 aliphatic carbocycles. The first-order chi connectivity index (χ1) is 12.0. The Morgan fingerprint density at radius 3 is 2.52 bits per heavy atom. The van der Waals surface area contributed by atoms with Crippen LogP contribution in [0.5, 0.6) is 5.75 Å². The van der Waals surface area contributed by atoms with Crippen molar-refractivity contribution in [2.75, 3.05) is 27.7 Å². The van der Waals surface area contributed by atoms with Crippen molar-refractivity contribution >= 4 is 28.7 Å². The molecule has 2 aromatic carbocycles. The number of hydrogen-bond donors (Lipinski definition) is 3. The number of quaternary nitrogens is 1. The highest BCUT2D eigenvalue weighted by molar-refractivity contribution is 5.94. The Balaban J connectivity index is 1.91. The SMILES string of the molecule is COc1ccc2cc(/C=C/C(=O)NNC(=O)CC[NH+](C)C)ccc2c1. The fraction of sp³-hybridized carbons (Fsp3) is 0.263. The highest BCUT2D eigenvalue weighted by Gasteiger charge is 2.04. The minimum absolute atomic E-state index is 0.206. The zero-order valence-electron chi connectivity index (χ0n) is 14.8. The van der Waals surface area contributed by atoms with Gasteiger partial charge in [0.15, 0.2) is 0 Å². The maximum atomic E-state index is 11.8. The van der Waals surface area contributed by atoms with E-state index in [4.69, 9.17) is 4.74 Å². The minimum Gasteiger partial charge on any atom is -0.497 e. The second kappa shape index (κ2) is 8.84. The molecule has 0 aliphatic heterocycles. The summed E-state index contributed by atoms with van der Waals surface area (Å²) in [5.74, 6) is 0.227. The smallest absolute Gasteiger partial charge is 0.262 e. The second-order valence-corrected chi connectivity index (χ2v) is 6.05. The van der Waals surface area contributed by atoms with Crippen molar-refractivity contribution in [3.8, 4) is 5.75 Å². The molecule has 132 valence electrons. The lowest BCUT2D eigenvalue weighted by molar-refractivity contribution is -0.857. The van der Waals surface area contributed by atoms with E-state index in [0.717, 1.165) is 22.1 Å². The van der Waals surface area contributed by atoms with Gasteiger partial charge in [0.05, 0.1) is 34.2 Å². The Bertz CT molecular complexity index is 785. The number of methoxy groups -OCH3 is 1. The van der Waals surface area contributed by atoms with Crippen LogP contribution in [0.4, 0.5) is 0 Å². The molecular formula is C19H24N3O3+. The van der Waals surface area contributed by atoms with E-state index in [1.54, 1.807) is 13.2 Å². The molecule has 25 heavy (non-hydrogen) atoms. The Morgan fingerprint density at radius 2 is 1.80 bits per heavy atom. The van der Waals surface area contributed by atoms with Crippen LogP contribution < -0.4 is 20.5 Å². The predicted molar refractivity (Wildman–Crippen MR) is 98.1 cm³/mol. The van der Waals surface area contributed by atoms with Crippen molar-refractivity contribution in [2.45, 2.75) is 6.42 Å². The molecule has 0 saturated carbocycles. The summed E-state index contributed by atoms with van der Waals surface area (Å²) in [6, 6.07) is 11.7. The third kappa shape index (κ3) is 5.93. The number of carbonyl (C=O) groups excluding carboxylic acids is 2. The van der Waals surface area contributed by atoms with Gasteiger partial charge in [-0.25, -0.2) is 0 Å². The Kier molecular flexibility index (Phi) is 6.54. The number of hydrazine groups is 1.